The van der Waals surface area contributed by atoms with Gasteiger partial charge in [-0.15, -0.1) is 0 Å². The van der Waals surface area contributed by atoms with Crippen molar-refractivity contribution in [3.63, 3.8) is 0 Å². The van der Waals surface area contributed by atoms with E-state index >= 15 is 0 Å². The van der Waals surface area contributed by atoms with Crippen LogP contribution in [0, 0.1) is 23.0 Å². The quantitative estimate of drug-likeness (QED) is 0.292. The molecule has 1 amide bonds. The monoisotopic (exact) mass is 495 g/mol. The van der Waals surface area contributed by atoms with Crippen LogP contribution in [0.2, 0.25) is 0 Å². The average Bonchev–Trinajstić information content (AvgIpc) is 3.57. The van der Waals surface area contributed by atoms with Gasteiger partial charge in [0.05, 0.1) is 10.8 Å². The molecule has 2 saturated heterocycles. The molecule has 0 radical (unpaired) electrons. The van der Waals surface area contributed by atoms with Gasteiger partial charge < -0.3 is 5.32 Å². The summed E-state index contributed by atoms with van der Waals surface area (Å²) in [5, 5.41) is 14.7. The lowest BCUT2D eigenvalue weighted by Crippen LogP contribution is -2.52. The molecule has 188 valence electrons. The van der Waals surface area contributed by atoms with Crippen LogP contribution in [0.3, 0.4) is 0 Å². The number of nitrogens with zero attached hydrogens (tertiary/aromatic N) is 2. The van der Waals surface area contributed by atoms with E-state index in [4.69, 9.17) is 0 Å². The molecule has 7 heteroatoms. The number of rotatable bonds is 5. The highest BCUT2D eigenvalue weighted by Crippen LogP contribution is 2.61. The fourth-order valence-electron chi connectivity index (χ4n) is 6.98. The zero-order valence-corrected chi connectivity index (χ0v) is 20.9. The molecule has 3 unspecified atom stereocenters. The summed E-state index contributed by atoms with van der Waals surface area (Å²) in [5.74, 6) is -1.37. The summed E-state index contributed by atoms with van der Waals surface area (Å²) < 4.78 is 0. The smallest absolute Gasteiger partial charge is 0.269 e. The number of nitro benzene ring substituents is 1. The van der Waals surface area contributed by atoms with E-state index in [1.54, 1.807) is 12.1 Å². The van der Waals surface area contributed by atoms with Gasteiger partial charge in [-0.3, -0.25) is 24.6 Å². The maximum Gasteiger partial charge on any atom is 0.269 e. The van der Waals surface area contributed by atoms with Gasteiger partial charge in [0, 0.05) is 40.9 Å². The number of carbonyl (C=O) groups is 2. The third-order valence-electron chi connectivity index (χ3n) is 8.55. The van der Waals surface area contributed by atoms with E-state index in [0.29, 0.717) is 12.1 Å². The van der Waals surface area contributed by atoms with Crippen LogP contribution in [0.5, 0.6) is 0 Å². The lowest BCUT2D eigenvalue weighted by atomic mass is 9.68. The summed E-state index contributed by atoms with van der Waals surface area (Å²) >= 11 is 0. The van der Waals surface area contributed by atoms with Crippen LogP contribution in [-0.4, -0.2) is 34.1 Å². The number of hydrogen-bond acceptors (Lipinski definition) is 5. The van der Waals surface area contributed by atoms with Gasteiger partial charge >= 0.3 is 0 Å². The average molecular weight is 496 g/mol. The van der Waals surface area contributed by atoms with Gasteiger partial charge in [-0.05, 0) is 49.9 Å². The number of aryl methyl sites for hydroxylation is 2. The largest absolute Gasteiger partial charge is 0.324 e. The van der Waals surface area contributed by atoms with Gasteiger partial charge in [0.15, 0.2) is 5.78 Å². The summed E-state index contributed by atoms with van der Waals surface area (Å²) in [6.45, 7) is 4.75. The minimum atomic E-state index is -1.17. The predicted octanol–water partition coefficient (Wildman–Crippen LogP) is 5.37. The van der Waals surface area contributed by atoms with E-state index < -0.39 is 16.4 Å². The zero-order valence-electron chi connectivity index (χ0n) is 20.9. The van der Waals surface area contributed by atoms with Crippen LogP contribution in [-0.2, 0) is 16.8 Å². The van der Waals surface area contributed by atoms with Gasteiger partial charge in [0.2, 0.25) is 5.91 Å². The first-order valence-corrected chi connectivity index (χ1v) is 12.9. The number of nitrogens with one attached hydrogen (secondary N) is 1. The van der Waals surface area contributed by atoms with Crippen LogP contribution in [0.15, 0.2) is 66.7 Å². The Kier molecular flexibility index (Phi) is 5.49. The summed E-state index contributed by atoms with van der Waals surface area (Å²) in [6, 6.07) is 20.1. The summed E-state index contributed by atoms with van der Waals surface area (Å²) in [7, 11) is 0. The van der Waals surface area contributed by atoms with E-state index in [9.17, 15) is 19.7 Å². The highest BCUT2D eigenvalue weighted by Gasteiger charge is 2.69. The van der Waals surface area contributed by atoms with Crippen molar-refractivity contribution in [2.75, 3.05) is 11.9 Å². The van der Waals surface area contributed by atoms with Crippen LogP contribution in [0.4, 0.5) is 11.4 Å². The molecule has 3 aliphatic heterocycles. The Morgan fingerprint density at radius 1 is 1.14 bits per heavy atom. The van der Waals surface area contributed by atoms with Gasteiger partial charge in [-0.2, -0.15) is 0 Å². The SMILES string of the molecule is CCc1ccc(C(=O)C2C(c3cccc([N+](=O)[O-])c3)C3CCCN3[C@@]23C(=O)Nc2ccc(C)cc23)cc1. The number of hydrogen-bond donors (Lipinski definition) is 1. The number of non-ortho nitro benzene ring substituents is 1. The van der Waals surface area contributed by atoms with Gasteiger partial charge in [0.25, 0.3) is 5.69 Å². The zero-order chi connectivity index (χ0) is 25.9. The topological polar surface area (TPSA) is 92.5 Å². The molecule has 2 fully saturated rings. The normalized spacial score (nSPS) is 26.2. The Hall–Kier alpha value is -3.84. The van der Waals surface area contributed by atoms with Crippen LogP contribution < -0.4 is 5.32 Å². The second-order valence-corrected chi connectivity index (χ2v) is 10.4. The van der Waals surface area contributed by atoms with Crippen molar-refractivity contribution in [3.8, 4) is 0 Å². The van der Waals surface area contributed by atoms with Crippen molar-refractivity contribution >= 4 is 23.1 Å². The fourth-order valence-corrected chi connectivity index (χ4v) is 6.98. The van der Waals surface area contributed by atoms with Crippen molar-refractivity contribution < 1.29 is 14.5 Å². The van der Waals surface area contributed by atoms with E-state index in [-0.39, 0.29) is 29.3 Å². The lowest BCUT2D eigenvalue weighted by Gasteiger charge is -2.37. The first-order chi connectivity index (χ1) is 17.9. The third kappa shape index (κ3) is 3.37. The van der Waals surface area contributed by atoms with Crippen molar-refractivity contribution in [3.05, 3.63) is 105 Å². The minimum absolute atomic E-state index is 0.00591. The molecule has 0 aromatic heterocycles. The number of carbonyl (C=O) groups excluding carboxylic acids is 2. The first-order valence-electron chi connectivity index (χ1n) is 12.9. The van der Waals surface area contributed by atoms with Crippen molar-refractivity contribution in [1.29, 1.82) is 0 Å². The van der Waals surface area contributed by atoms with Gasteiger partial charge in [-0.25, -0.2) is 0 Å². The van der Waals surface area contributed by atoms with E-state index in [0.717, 1.165) is 47.2 Å². The molecule has 0 aliphatic carbocycles. The molecule has 3 heterocycles. The van der Waals surface area contributed by atoms with Gasteiger partial charge in [0.1, 0.15) is 5.54 Å². The second kappa shape index (κ2) is 8.63. The second-order valence-electron chi connectivity index (χ2n) is 10.4. The number of nitro groups is 1. The molecular weight excluding hydrogens is 466 g/mol. The molecule has 0 bridgehead atoms. The van der Waals surface area contributed by atoms with Crippen molar-refractivity contribution in [2.24, 2.45) is 5.92 Å². The van der Waals surface area contributed by atoms with Crippen molar-refractivity contribution in [2.45, 2.75) is 50.6 Å². The predicted molar refractivity (Wildman–Crippen MR) is 141 cm³/mol. The molecule has 6 rings (SSSR count). The number of amides is 1. The number of fused-ring (bicyclic) bond motifs is 4. The Morgan fingerprint density at radius 3 is 2.65 bits per heavy atom. The molecule has 4 atom stereocenters. The molecular formula is C30H29N3O4. The maximum atomic E-state index is 14.5. The molecule has 3 aromatic carbocycles. The molecule has 0 saturated carbocycles. The molecule has 3 aliphatic rings. The standard InChI is InChI=1S/C30H29N3O4/c1-3-19-10-12-20(13-11-19)28(34)27-26(21-6-4-7-22(17-21)33(36)37)25-8-5-15-32(25)30(27)23-16-18(2)9-14-24(23)31-29(30)35/h4,6-7,9-14,16-17,25-27H,3,5,8,15H2,1-2H3,(H,31,35)/t25?,26?,27?,30-/m1/s1. The van der Waals surface area contributed by atoms with E-state index in [1.807, 2.05) is 55.5 Å². The molecule has 1 N–H and O–H groups in total. The summed E-state index contributed by atoms with van der Waals surface area (Å²) in [5.41, 5.74) is 3.84. The first kappa shape index (κ1) is 23.6. The maximum absolute atomic E-state index is 14.5. The summed E-state index contributed by atoms with van der Waals surface area (Å²) in [6.07, 6.45) is 2.59. The number of Topliss-reactive ketones (excluding diaryl/α,β-unsaturated/α-hetero) is 1. The molecule has 7 nitrogen and oxygen atoms in total. The highest BCUT2D eigenvalue weighted by molar-refractivity contribution is 6.12. The van der Waals surface area contributed by atoms with Crippen LogP contribution >= 0.6 is 0 Å². The number of benzene rings is 3. The third-order valence-corrected chi connectivity index (χ3v) is 8.55. The highest BCUT2D eigenvalue weighted by atomic mass is 16.6. The van der Waals surface area contributed by atoms with E-state index in [2.05, 4.69) is 17.1 Å². The summed E-state index contributed by atoms with van der Waals surface area (Å²) in [4.78, 5) is 42.1. The Balaban J connectivity index is 1.60. The number of ketones is 1. The van der Waals surface area contributed by atoms with Crippen LogP contribution in [0.25, 0.3) is 0 Å². The Bertz CT molecular complexity index is 1430. The fraction of sp³-hybridized carbons (Fsp3) is 0.333. The molecule has 1 spiro atoms. The lowest BCUT2D eigenvalue weighted by molar-refractivity contribution is -0.384. The minimum Gasteiger partial charge on any atom is -0.324 e. The van der Waals surface area contributed by atoms with Crippen molar-refractivity contribution in [1.82, 2.24) is 4.90 Å². The van der Waals surface area contributed by atoms with Crippen LogP contribution in [0.1, 0.15) is 58.3 Å². The number of anilines is 1. The van der Waals surface area contributed by atoms with E-state index in [1.165, 1.54) is 6.07 Å². The Morgan fingerprint density at radius 2 is 1.92 bits per heavy atom. The molecule has 3 aromatic rings. The van der Waals surface area contributed by atoms with Gasteiger partial charge in [-0.1, -0.05) is 61.0 Å². The molecule has 37 heavy (non-hydrogen) atoms. The Labute approximate surface area is 215 Å².